The molecule has 5 nitrogen and oxygen atoms in total. The minimum absolute atomic E-state index is 0.414. The average molecular weight is 280 g/mol. The smallest absolute Gasteiger partial charge is 0.224 e. The van der Waals surface area contributed by atoms with Crippen molar-refractivity contribution < 1.29 is 4.74 Å². The first-order chi connectivity index (χ1) is 10.3. The number of anilines is 1. The molecule has 0 spiro atoms. The Labute approximate surface area is 122 Å². The van der Waals surface area contributed by atoms with Crippen LogP contribution in [0.15, 0.2) is 42.6 Å². The van der Waals surface area contributed by atoms with Crippen molar-refractivity contribution in [3.63, 3.8) is 0 Å². The van der Waals surface area contributed by atoms with Gasteiger partial charge in [-0.1, -0.05) is 25.1 Å². The van der Waals surface area contributed by atoms with E-state index in [1.54, 1.807) is 12.3 Å². The van der Waals surface area contributed by atoms with E-state index in [2.05, 4.69) is 21.9 Å². The third-order valence-electron chi connectivity index (χ3n) is 3.05. The number of para-hydroxylation sites is 1. The summed E-state index contributed by atoms with van der Waals surface area (Å²) in [6.07, 6.45) is 3.47. The monoisotopic (exact) mass is 280 g/mol. The Morgan fingerprint density at radius 2 is 2.00 bits per heavy atom. The van der Waals surface area contributed by atoms with Crippen molar-refractivity contribution in [2.75, 3.05) is 5.73 Å². The van der Waals surface area contributed by atoms with Crippen molar-refractivity contribution in [1.82, 2.24) is 15.0 Å². The molecule has 0 amide bonds. The van der Waals surface area contributed by atoms with Crippen LogP contribution in [-0.4, -0.2) is 15.0 Å². The summed E-state index contributed by atoms with van der Waals surface area (Å²) in [6, 6.07) is 11.3. The van der Waals surface area contributed by atoms with Gasteiger partial charge in [-0.2, -0.15) is 4.98 Å². The second-order valence-electron chi connectivity index (χ2n) is 4.73. The van der Waals surface area contributed by atoms with Gasteiger partial charge in [0, 0.05) is 24.1 Å². The average Bonchev–Trinajstić information content (AvgIpc) is 2.47. The highest BCUT2D eigenvalue weighted by Crippen LogP contribution is 2.27. The molecule has 0 radical (unpaired) electrons. The molecule has 106 valence electrons. The predicted molar refractivity (Wildman–Crippen MR) is 82.3 cm³/mol. The predicted octanol–water partition coefficient (Wildman–Crippen LogP) is 3.35. The molecule has 5 heteroatoms. The molecule has 2 heterocycles. The molecule has 3 rings (SSSR count). The fourth-order valence-electron chi connectivity index (χ4n) is 2.15. The van der Waals surface area contributed by atoms with E-state index in [0.29, 0.717) is 23.3 Å². The number of hydrogen-bond donors (Lipinski definition) is 1. The molecule has 0 aliphatic carbocycles. The number of nitrogens with two attached hydrogens (primary N) is 1. The van der Waals surface area contributed by atoms with Crippen LogP contribution in [0.5, 0.6) is 11.6 Å². The Balaban J connectivity index is 1.98. The van der Waals surface area contributed by atoms with E-state index in [1.807, 2.05) is 30.3 Å². The van der Waals surface area contributed by atoms with Crippen LogP contribution >= 0.6 is 0 Å². The number of rotatable bonds is 4. The maximum atomic E-state index is 5.87. The lowest BCUT2D eigenvalue weighted by molar-refractivity contribution is 0.463. The van der Waals surface area contributed by atoms with Gasteiger partial charge in [0.05, 0.1) is 0 Å². The topological polar surface area (TPSA) is 73.9 Å². The number of pyridine rings is 1. The van der Waals surface area contributed by atoms with Gasteiger partial charge in [-0.25, -0.2) is 4.98 Å². The molecule has 0 saturated carbocycles. The highest BCUT2D eigenvalue weighted by molar-refractivity contribution is 5.84. The first-order valence-electron chi connectivity index (χ1n) is 6.91. The van der Waals surface area contributed by atoms with E-state index in [0.717, 1.165) is 23.7 Å². The zero-order valence-corrected chi connectivity index (χ0v) is 11.8. The number of nitrogens with zero attached hydrogens (tertiary/aromatic N) is 3. The maximum absolute atomic E-state index is 5.87. The molecule has 0 fully saturated rings. The Kier molecular flexibility index (Phi) is 3.64. The third kappa shape index (κ3) is 2.91. The molecular weight excluding hydrogens is 264 g/mol. The summed E-state index contributed by atoms with van der Waals surface area (Å²) in [5.74, 6) is 2.22. The summed E-state index contributed by atoms with van der Waals surface area (Å²) in [4.78, 5) is 12.9. The fourth-order valence-corrected chi connectivity index (χ4v) is 2.15. The first kappa shape index (κ1) is 13.3. The van der Waals surface area contributed by atoms with Gasteiger partial charge in [0.1, 0.15) is 17.2 Å². The Morgan fingerprint density at radius 1 is 1.14 bits per heavy atom. The molecule has 2 aromatic heterocycles. The van der Waals surface area contributed by atoms with Gasteiger partial charge >= 0.3 is 0 Å². The van der Waals surface area contributed by atoms with Crippen LogP contribution in [0.3, 0.4) is 0 Å². The summed E-state index contributed by atoms with van der Waals surface area (Å²) in [5, 5.41) is 1.02. The maximum Gasteiger partial charge on any atom is 0.224 e. The summed E-state index contributed by atoms with van der Waals surface area (Å²) >= 11 is 0. The molecule has 1 aromatic carbocycles. The van der Waals surface area contributed by atoms with Crippen LogP contribution in [0.25, 0.3) is 10.9 Å². The number of fused-ring (bicyclic) bond motifs is 1. The molecule has 0 aliphatic heterocycles. The van der Waals surface area contributed by atoms with Crippen molar-refractivity contribution in [3.05, 3.63) is 48.4 Å². The van der Waals surface area contributed by atoms with Crippen molar-refractivity contribution in [3.8, 4) is 11.6 Å². The quantitative estimate of drug-likeness (QED) is 0.793. The second kappa shape index (κ2) is 5.75. The summed E-state index contributed by atoms with van der Waals surface area (Å²) in [7, 11) is 0. The molecule has 0 atom stereocenters. The minimum atomic E-state index is 0.414. The number of hydrogen-bond acceptors (Lipinski definition) is 5. The molecule has 0 saturated heterocycles. The fraction of sp³-hybridized carbons (Fsp3) is 0.188. The van der Waals surface area contributed by atoms with E-state index in [1.165, 1.54) is 0 Å². The molecule has 3 aromatic rings. The summed E-state index contributed by atoms with van der Waals surface area (Å²) in [6.45, 7) is 2.07. The Hall–Kier alpha value is -2.69. The number of ether oxygens (including phenoxy) is 1. The largest absolute Gasteiger partial charge is 0.437 e. The van der Waals surface area contributed by atoms with Crippen LogP contribution in [0.1, 0.15) is 19.2 Å². The van der Waals surface area contributed by atoms with Gasteiger partial charge in [0.2, 0.25) is 5.88 Å². The van der Waals surface area contributed by atoms with E-state index < -0.39 is 0 Å². The van der Waals surface area contributed by atoms with Gasteiger partial charge in [0.15, 0.2) is 5.75 Å². The van der Waals surface area contributed by atoms with Crippen LogP contribution in [0, 0.1) is 0 Å². The second-order valence-corrected chi connectivity index (χ2v) is 4.73. The van der Waals surface area contributed by atoms with Crippen molar-refractivity contribution in [2.24, 2.45) is 0 Å². The number of aromatic nitrogens is 3. The first-order valence-corrected chi connectivity index (χ1v) is 6.91. The molecule has 0 aliphatic rings. The number of aryl methyl sites for hydroxylation is 1. The van der Waals surface area contributed by atoms with E-state index in [-0.39, 0.29) is 0 Å². The lowest BCUT2D eigenvalue weighted by Gasteiger charge is -2.09. The molecule has 0 bridgehead atoms. The van der Waals surface area contributed by atoms with Gasteiger partial charge in [-0.15, -0.1) is 0 Å². The van der Waals surface area contributed by atoms with Crippen molar-refractivity contribution >= 4 is 16.7 Å². The highest BCUT2D eigenvalue weighted by Gasteiger charge is 2.08. The van der Waals surface area contributed by atoms with Gasteiger partial charge < -0.3 is 10.5 Å². The van der Waals surface area contributed by atoms with Crippen LogP contribution < -0.4 is 10.5 Å². The van der Waals surface area contributed by atoms with Gasteiger partial charge in [0.25, 0.3) is 0 Å². The van der Waals surface area contributed by atoms with E-state index in [4.69, 9.17) is 10.5 Å². The van der Waals surface area contributed by atoms with Crippen molar-refractivity contribution in [2.45, 2.75) is 19.8 Å². The van der Waals surface area contributed by atoms with Crippen molar-refractivity contribution in [1.29, 1.82) is 0 Å². The van der Waals surface area contributed by atoms with Gasteiger partial charge in [-0.05, 0) is 18.6 Å². The third-order valence-corrected chi connectivity index (χ3v) is 3.05. The van der Waals surface area contributed by atoms with Crippen LogP contribution in [0.4, 0.5) is 5.82 Å². The van der Waals surface area contributed by atoms with Crippen LogP contribution in [-0.2, 0) is 6.42 Å². The summed E-state index contributed by atoms with van der Waals surface area (Å²) < 4.78 is 5.87. The Morgan fingerprint density at radius 3 is 2.86 bits per heavy atom. The minimum Gasteiger partial charge on any atom is -0.437 e. The highest BCUT2D eigenvalue weighted by atomic mass is 16.5. The lowest BCUT2D eigenvalue weighted by Crippen LogP contribution is -2.01. The van der Waals surface area contributed by atoms with E-state index >= 15 is 0 Å². The molecule has 0 unspecified atom stereocenters. The Bertz CT molecular complexity index is 768. The number of benzene rings is 1. The molecule has 2 N–H and O–H groups in total. The summed E-state index contributed by atoms with van der Waals surface area (Å²) in [5.41, 5.74) is 6.61. The van der Waals surface area contributed by atoms with Crippen LogP contribution in [0.2, 0.25) is 0 Å². The zero-order valence-electron chi connectivity index (χ0n) is 11.8. The van der Waals surface area contributed by atoms with E-state index in [9.17, 15) is 0 Å². The number of nitrogen functional groups attached to an aromatic ring is 1. The SMILES string of the molecule is CCCc1nc(N)cc(Oc2cccc3cccnc23)n1. The zero-order chi connectivity index (χ0) is 14.7. The van der Waals surface area contributed by atoms with Gasteiger partial charge in [-0.3, -0.25) is 4.98 Å². The standard InChI is InChI=1S/C16H16N4O/c1-2-5-14-19-13(17)10-15(20-14)21-12-8-3-6-11-7-4-9-18-16(11)12/h3-4,6-10H,2,5H2,1H3,(H2,17,19,20). The normalized spacial score (nSPS) is 10.7. The molecule has 21 heavy (non-hydrogen) atoms. The molecular formula is C16H16N4O. The lowest BCUT2D eigenvalue weighted by atomic mass is 10.2.